The second-order valence-electron chi connectivity index (χ2n) is 4.24. The molecule has 0 saturated carbocycles. The van der Waals surface area contributed by atoms with Gasteiger partial charge in [-0.3, -0.25) is 4.79 Å². The van der Waals surface area contributed by atoms with Crippen LogP contribution in [0.5, 0.6) is 0 Å². The van der Waals surface area contributed by atoms with Crippen LogP contribution in [-0.4, -0.2) is 22.1 Å². The summed E-state index contributed by atoms with van der Waals surface area (Å²) in [6.45, 7) is 1.91. The number of benzene rings is 1. The molecule has 0 bridgehead atoms. The van der Waals surface area contributed by atoms with Gasteiger partial charge in [-0.25, -0.2) is 0 Å². The average Bonchev–Trinajstić information content (AvgIpc) is 2.83. The van der Waals surface area contributed by atoms with Crippen molar-refractivity contribution < 1.29 is 9.32 Å². The van der Waals surface area contributed by atoms with E-state index >= 15 is 0 Å². The molecule has 0 unspecified atom stereocenters. The van der Waals surface area contributed by atoms with Gasteiger partial charge in [0, 0.05) is 6.92 Å². The van der Waals surface area contributed by atoms with Crippen LogP contribution in [-0.2, 0) is 17.8 Å². The molecule has 0 saturated heterocycles. The summed E-state index contributed by atoms with van der Waals surface area (Å²) in [5.41, 5.74) is 6.87. The minimum Gasteiger partial charge on any atom is -0.347 e. The standard InChI is InChI=1S/C13H16N4O2.ClH/c1-9-16-12(17-19-9)8-15-13(18)11(14)7-10-5-3-2-4-6-10;/h2-6,11H,7-8,14H2,1H3,(H,15,18);1H/t11-;/m0./s1. The van der Waals surface area contributed by atoms with E-state index in [2.05, 4.69) is 15.5 Å². The van der Waals surface area contributed by atoms with Crippen LogP contribution in [0.15, 0.2) is 34.9 Å². The van der Waals surface area contributed by atoms with Crippen molar-refractivity contribution in [1.29, 1.82) is 0 Å². The highest BCUT2D eigenvalue weighted by atomic mass is 35.5. The fraction of sp³-hybridized carbons (Fsp3) is 0.308. The number of nitrogens with two attached hydrogens (primary N) is 1. The monoisotopic (exact) mass is 296 g/mol. The summed E-state index contributed by atoms with van der Waals surface area (Å²) in [5.74, 6) is 0.682. The maximum atomic E-state index is 11.8. The molecule has 6 nitrogen and oxygen atoms in total. The first-order valence-corrected chi connectivity index (χ1v) is 6.01. The van der Waals surface area contributed by atoms with E-state index in [-0.39, 0.29) is 24.9 Å². The maximum absolute atomic E-state index is 11.8. The van der Waals surface area contributed by atoms with Crippen molar-refractivity contribution >= 4 is 18.3 Å². The maximum Gasteiger partial charge on any atom is 0.237 e. The van der Waals surface area contributed by atoms with E-state index in [1.165, 1.54) is 0 Å². The fourth-order valence-corrected chi connectivity index (χ4v) is 1.67. The highest BCUT2D eigenvalue weighted by Crippen LogP contribution is 2.02. The Labute approximate surface area is 123 Å². The lowest BCUT2D eigenvalue weighted by atomic mass is 10.1. The highest BCUT2D eigenvalue weighted by molar-refractivity contribution is 5.85. The smallest absolute Gasteiger partial charge is 0.237 e. The van der Waals surface area contributed by atoms with Gasteiger partial charge in [0.15, 0.2) is 5.82 Å². The lowest BCUT2D eigenvalue weighted by Gasteiger charge is -2.11. The summed E-state index contributed by atoms with van der Waals surface area (Å²) in [6.07, 6.45) is 0.498. The third-order valence-electron chi connectivity index (χ3n) is 2.63. The predicted octanol–water partition coefficient (Wildman–Crippen LogP) is 0.986. The molecule has 0 fully saturated rings. The number of nitrogens with zero attached hydrogens (tertiary/aromatic N) is 2. The van der Waals surface area contributed by atoms with Gasteiger partial charge in [0.05, 0.1) is 12.6 Å². The lowest BCUT2D eigenvalue weighted by molar-refractivity contribution is -0.122. The van der Waals surface area contributed by atoms with Gasteiger partial charge in [-0.05, 0) is 12.0 Å². The van der Waals surface area contributed by atoms with Gasteiger partial charge in [-0.2, -0.15) is 4.98 Å². The van der Waals surface area contributed by atoms with Gasteiger partial charge >= 0.3 is 0 Å². The molecule has 7 heteroatoms. The van der Waals surface area contributed by atoms with Gasteiger partial charge in [0.1, 0.15) is 0 Å². The molecule has 1 amide bonds. The van der Waals surface area contributed by atoms with Gasteiger partial charge in [0.2, 0.25) is 11.8 Å². The van der Waals surface area contributed by atoms with Crippen molar-refractivity contribution in [1.82, 2.24) is 15.5 Å². The Morgan fingerprint density at radius 2 is 2.10 bits per heavy atom. The number of carbonyl (C=O) groups is 1. The first kappa shape index (κ1) is 16.1. The molecule has 0 aliphatic carbocycles. The number of nitrogens with one attached hydrogen (secondary N) is 1. The molecule has 0 spiro atoms. The van der Waals surface area contributed by atoms with E-state index in [0.29, 0.717) is 18.1 Å². The molecule has 1 atom stereocenters. The number of hydrogen-bond acceptors (Lipinski definition) is 5. The highest BCUT2D eigenvalue weighted by Gasteiger charge is 2.14. The predicted molar refractivity (Wildman–Crippen MR) is 76.3 cm³/mol. The Morgan fingerprint density at radius 1 is 1.40 bits per heavy atom. The van der Waals surface area contributed by atoms with Crippen LogP contribution >= 0.6 is 12.4 Å². The molecule has 0 aliphatic rings. The molecule has 20 heavy (non-hydrogen) atoms. The van der Waals surface area contributed by atoms with Gasteiger partial charge in [0.25, 0.3) is 0 Å². The van der Waals surface area contributed by atoms with Crippen molar-refractivity contribution in [3.63, 3.8) is 0 Å². The Balaban J connectivity index is 0.00000200. The van der Waals surface area contributed by atoms with E-state index in [0.717, 1.165) is 5.56 Å². The third kappa shape index (κ3) is 4.64. The van der Waals surface area contributed by atoms with Crippen molar-refractivity contribution in [2.24, 2.45) is 5.73 Å². The number of aromatic nitrogens is 2. The van der Waals surface area contributed by atoms with E-state index < -0.39 is 6.04 Å². The minimum absolute atomic E-state index is 0. The summed E-state index contributed by atoms with van der Waals surface area (Å²) < 4.78 is 4.81. The van der Waals surface area contributed by atoms with E-state index in [1.807, 2.05) is 30.3 Å². The molecule has 2 rings (SSSR count). The summed E-state index contributed by atoms with van der Waals surface area (Å²) >= 11 is 0. The molecule has 0 aliphatic heterocycles. The van der Waals surface area contributed by atoms with Gasteiger partial charge < -0.3 is 15.6 Å². The first-order valence-electron chi connectivity index (χ1n) is 6.01. The van der Waals surface area contributed by atoms with Crippen LogP contribution in [0.25, 0.3) is 0 Å². The molecule has 108 valence electrons. The lowest BCUT2D eigenvalue weighted by Crippen LogP contribution is -2.41. The number of halogens is 1. The van der Waals surface area contributed by atoms with E-state index in [4.69, 9.17) is 10.3 Å². The number of rotatable bonds is 5. The third-order valence-corrected chi connectivity index (χ3v) is 2.63. The van der Waals surface area contributed by atoms with Crippen molar-refractivity contribution in [3.05, 3.63) is 47.6 Å². The van der Waals surface area contributed by atoms with Crippen LogP contribution in [0, 0.1) is 6.92 Å². The van der Waals surface area contributed by atoms with Crippen LogP contribution in [0.3, 0.4) is 0 Å². The zero-order valence-corrected chi connectivity index (χ0v) is 11.9. The van der Waals surface area contributed by atoms with E-state index in [9.17, 15) is 4.79 Å². The minimum atomic E-state index is -0.588. The number of aryl methyl sites for hydroxylation is 1. The van der Waals surface area contributed by atoms with E-state index in [1.54, 1.807) is 6.92 Å². The largest absolute Gasteiger partial charge is 0.347 e. The van der Waals surface area contributed by atoms with Crippen LogP contribution in [0.4, 0.5) is 0 Å². The Morgan fingerprint density at radius 3 is 2.70 bits per heavy atom. The number of amides is 1. The number of hydrogen-bond donors (Lipinski definition) is 2. The average molecular weight is 297 g/mol. The van der Waals surface area contributed by atoms with Crippen molar-refractivity contribution in [2.45, 2.75) is 25.9 Å². The first-order chi connectivity index (χ1) is 9.15. The Bertz CT molecular complexity index is 544. The zero-order valence-electron chi connectivity index (χ0n) is 11.1. The van der Waals surface area contributed by atoms with Crippen LogP contribution < -0.4 is 11.1 Å². The van der Waals surface area contributed by atoms with Crippen LogP contribution in [0.2, 0.25) is 0 Å². The summed E-state index contributed by atoms with van der Waals surface area (Å²) in [4.78, 5) is 15.8. The summed E-state index contributed by atoms with van der Waals surface area (Å²) in [5, 5.41) is 6.37. The Kier molecular flexibility index (Phi) is 6.14. The second kappa shape index (κ2) is 7.62. The normalized spacial score (nSPS) is 11.5. The van der Waals surface area contributed by atoms with Gasteiger partial charge in [-0.15, -0.1) is 12.4 Å². The quantitative estimate of drug-likeness (QED) is 0.858. The van der Waals surface area contributed by atoms with Crippen LogP contribution in [0.1, 0.15) is 17.3 Å². The molecule has 1 heterocycles. The van der Waals surface area contributed by atoms with Crippen molar-refractivity contribution in [2.75, 3.05) is 0 Å². The molecule has 1 aromatic carbocycles. The topological polar surface area (TPSA) is 94.0 Å². The molecular formula is C13H17ClN4O2. The summed E-state index contributed by atoms with van der Waals surface area (Å²) in [6, 6.07) is 9.05. The molecule has 3 N–H and O–H groups in total. The number of carbonyl (C=O) groups excluding carboxylic acids is 1. The zero-order chi connectivity index (χ0) is 13.7. The fourth-order valence-electron chi connectivity index (χ4n) is 1.67. The molecule has 1 aromatic heterocycles. The SMILES string of the molecule is Cc1nc(CNC(=O)[C@@H](N)Cc2ccccc2)no1.Cl. The molecule has 2 aromatic rings. The van der Waals surface area contributed by atoms with Gasteiger partial charge in [-0.1, -0.05) is 35.5 Å². The van der Waals surface area contributed by atoms with Crippen molar-refractivity contribution in [3.8, 4) is 0 Å². The summed E-state index contributed by atoms with van der Waals surface area (Å²) in [7, 11) is 0. The Hall–Kier alpha value is -1.92. The second-order valence-corrected chi connectivity index (χ2v) is 4.24. The molecular weight excluding hydrogens is 280 g/mol. The molecule has 0 radical (unpaired) electrons.